The van der Waals surface area contributed by atoms with Crippen molar-refractivity contribution in [1.82, 2.24) is 5.32 Å². The molecule has 0 aliphatic heterocycles. The summed E-state index contributed by atoms with van der Waals surface area (Å²) in [7, 11) is 0. The number of alkyl halides is 3. The van der Waals surface area contributed by atoms with Crippen LogP contribution in [0.1, 0.15) is 44.9 Å². The molecule has 0 aliphatic carbocycles. The second-order valence-electron chi connectivity index (χ2n) is 5.74. The molecule has 0 saturated heterocycles. The van der Waals surface area contributed by atoms with Crippen molar-refractivity contribution in [3.63, 3.8) is 0 Å². The van der Waals surface area contributed by atoms with Gasteiger partial charge >= 0.3 is 6.18 Å². The number of halogens is 3. The molecule has 1 heterocycles. The lowest BCUT2D eigenvalue weighted by molar-refractivity contribution is -0.138. The molecule has 0 saturated carbocycles. The molecule has 0 amide bonds. The molecular weight excluding hydrogens is 271 g/mol. The van der Waals surface area contributed by atoms with Crippen LogP contribution in [0.5, 0.6) is 0 Å². The fraction of sp³-hybridized carbons (Fsp3) is 0.714. The van der Waals surface area contributed by atoms with E-state index >= 15 is 0 Å². The molecule has 0 radical (unpaired) electrons. The maximum atomic E-state index is 12.0. The quantitative estimate of drug-likeness (QED) is 0.771. The zero-order valence-corrected chi connectivity index (χ0v) is 12.1. The molecule has 0 spiro atoms. The van der Waals surface area contributed by atoms with Crippen LogP contribution in [-0.2, 0) is 17.9 Å². The van der Waals surface area contributed by atoms with Crippen molar-refractivity contribution in [3.8, 4) is 0 Å². The number of rotatable bonds is 7. The first-order chi connectivity index (χ1) is 9.17. The van der Waals surface area contributed by atoms with E-state index in [2.05, 4.69) is 5.32 Å². The lowest BCUT2D eigenvalue weighted by Crippen LogP contribution is -2.35. The van der Waals surface area contributed by atoms with Crippen LogP contribution in [0.15, 0.2) is 16.7 Å². The third kappa shape index (κ3) is 7.55. The minimum atomic E-state index is -4.11. The molecule has 1 N–H and O–H groups in total. The molecule has 20 heavy (non-hydrogen) atoms. The lowest BCUT2D eigenvalue weighted by atomic mass is 10.1. The highest BCUT2D eigenvalue weighted by Gasteiger charge is 2.25. The van der Waals surface area contributed by atoms with E-state index in [1.165, 1.54) is 0 Å². The van der Waals surface area contributed by atoms with Crippen molar-refractivity contribution in [2.45, 2.75) is 58.5 Å². The van der Waals surface area contributed by atoms with Crippen molar-refractivity contribution in [2.75, 3.05) is 6.61 Å². The van der Waals surface area contributed by atoms with Gasteiger partial charge in [0.2, 0.25) is 0 Å². The molecule has 0 unspecified atom stereocenters. The van der Waals surface area contributed by atoms with Crippen LogP contribution in [0, 0.1) is 0 Å². The zero-order chi connectivity index (χ0) is 15.2. The number of hydrogen-bond donors (Lipinski definition) is 1. The van der Waals surface area contributed by atoms with Gasteiger partial charge in [0.25, 0.3) is 0 Å². The van der Waals surface area contributed by atoms with Gasteiger partial charge in [-0.25, -0.2) is 0 Å². The van der Waals surface area contributed by atoms with E-state index in [0.29, 0.717) is 6.54 Å². The monoisotopic (exact) mass is 293 g/mol. The third-order valence-electron chi connectivity index (χ3n) is 2.62. The summed E-state index contributed by atoms with van der Waals surface area (Å²) >= 11 is 0. The van der Waals surface area contributed by atoms with Crippen LogP contribution in [0.25, 0.3) is 0 Å². The molecule has 3 nitrogen and oxygen atoms in total. The molecule has 1 rings (SSSR count). The fourth-order valence-corrected chi connectivity index (χ4v) is 1.55. The maximum Gasteiger partial charge on any atom is 0.389 e. The van der Waals surface area contributed by atoms with E-state index < -0.39 is 12.6 Å². The third-order valence-corrected chi connectivity index (χ3v) is 2.62. The Balaban J connectivity index is 2.29. The van der Waals surface area contributed by atoms with Gasteiger partial charge in [-0.2, -0.15) is 13.2 Å². The van der Waals surface area contributed by atoms with Crippen LogP contribution in [0.4, 0.5) is 13.2 Å². The Morgan fingerprint density at radius 2 is 1.95 bits per heavy atom. The molecule has 0 atom stereocenters. The van der Waals surface area contributed by atoms with Crippen LogP contribution >= 0.6 is 0 Å². The molecule has 6 heteroatoms. The Morgan fingerprint density at radius 1 is 1.25 bits per heavy atom. The van der Waals surface area contributed by atoms with Gasteiger partial charge in [-0.05, 0) is 33.3 Å². The molecule has 0 fully saturated rings. The fourth-order valence-electron chi connectivity index (χ4n) is 1.55. The first-order valence-electron chi connectivity index (χ1n) is 6.62. The zero-order valence-electron chi connectivity index (χ0n) is 12.1. The number of ether oxygens (including phenoxy) is 1. The van der Waals surface area contributed by atoms with E-state index in [0.717, 1.165) is 11.3 Å². The molecule has 1 aromatic heterocycles. The van der Waals surface area contributed by atoms with Gasteiger partial charge in [-0.15, -0.1) is 0 Å². The summed E-state index contributed by atoms with van der Waals surface area (Å²) < 4.78 is 46.5. The second-order valence-corrected chi connectivity index (χ2v) is 5.74. The summed E-state index contributed by atoms with van der Waals surface area (Å²) in [6, 6.07) is 1.78. The predicted octanol–water partition coefficient (Wildman–Crippen LogP) is 4.03. The van der Waals surface area contributed by atoms with Crippen molar-refractivity contribution < 1.29 is 22.3 Å². The summed E-state index contributed by atoms with van der Waals surface area (Å²) in [6.07, 6.45) is -3.37. The number of hydrogen-bond acceptors (Lipinski definition) is 3. The minimum Gasteiger partial charge on any atom is -0.468 e. The Labute approximate surface area is 117 Å². The highest BCUT2D eigenvalue weighted by Crippen LogP contribution is 2.21. The lowest BCUT2D eigenvalue weighted by Gasteiger charge is -2.20. The molecule has 0 aromatic carbocycles. The Morgan fingerprint density at radius 3 is 2.55 bits per heavy atom. The van der Waals surface area contributed by atoms with Crippen LogP contribution in [0.2, 0.25) is 0 Å². The first kappa shape index (κ1) is 17.0. The van der Waals surface area contributed by atoms with Crippen molar-refractivity contribution in [1.29, 1.82) is 0 Å². The van der Waals surface area contributed by atoms with Crippen molar-refractivity contribution in [3.05, 3.63) is 23.7 Å². The average Bonchev–Trinajstić information content (AvgIpc) is 2.71. The van der Waals surface area contributed by atoms with E-state index in [-0.39, 0.29) is 25.2 Å². The van der Waals surface area contributed by atoms with Gasteiger partial charge in [-0.3, -0.25) is 0 Å². The normalized spacial score (nSPS) is 12.9. The number of furan rings is 1. The Kier molecular flexibility index (Phi) is 6.07. The highest BCUT2D eigenvalue weighted by atomic mass is 19.4. The van der Waals surface area contributed by atoms with Gasteiger partial charge in [0, 0.05) is 24.1 Å². The molecule has 1 aromatic rings. The van der Waals surface area contributed by atoms with E-state index in [4.69, 9.17) is 9.15 Å². The van der Waals surface area contributed by atoms with E-state index in [9.17, 15) is 13.2 Å². The summed E-state index contributed by atoms with van der Waals surface area (Å²) in [6.45, 7) is 7.07. The predicted molar refractivity (Wildman–Crippen MR) is 70.2 cm³/mol. The molecule has 0 aliphatic rings. The highest BCUT2D eigenvalue weighted by molar-refractivity contribution is 5.16. The Bertz CT molecular complexity index is 394. The topological polar surface area (TPSA) is 34.4 Å². The summed E-state index contributed by atoms with van der Waals surface area (Å²) in [5.74, 6) is 0.760. The smallest absolute Gasteiger partial charge is 0.389 e. The second kappa shape index (κ2) is 7.13. The van der Waals surface area contributed by atoms with Gasteiger partial charge in [0.05, 0.1) is 19.4 Å². The SMILES string of the molecule is CC(C)(C)NCc1occc1COCCCC(F)(F)F. The minimum absolute atomic E-state index is 0.0169. The molecule has 0 bridgehead atoms. The molecular formula is C14H22F3NO2. The van der Waals surface area contributed by atoms with E-state index in [1.54, 1.807) is 12.3 Å². The maximum absolute atomic E-state index is 12.0. The van der Waals surface area contributed by atoms with E-state index in [1.807, 2.05) is 20.8 Å². The Hall–Kier alpha value is -1.01. The standard InChI is InChI=1S/C14H22F3NO2/c1-13(2,3)18-9-12-11(5-8-20-12)10-19-7-4-6-14(15,16)17/h5,8,18H,4,6-7,9-10H2,1-3H3. The first-order valence-corrected chi connectivity index (χ1v) is 6.62. The van der Waals surface area contributed by atoms with Crippen molar-refractivity contribution >= 4 is 0 Å². The van der Waals surface area contributed by atoms with Crippen LogP contribution < -0.4 is 5.32 Å². The van der Waals surface area contributed by atoms with Gasteiger partial charge in [0.1, 0.15) is 5.76 Å². The summed E-state index contributed by atoms with van der Waals surface area (Å²) in [4.78, 5) is 0. The molecule has 116 valence electrons. The average molecular weight is 293 g/mol. The van der Waals surface area contributed by atoms with Gasteiger partial charge in [0.15, 0.2) is 0 Å². The van der Waals surface area contributed by atoms with Crippen molar-refractivity contribution in [2.24, 2.45) is 0 Å². The largest absolute Gasteiger partial charge is 0.468 e. The summed E-state index contributed by atoms with van der Waals surface area (Å²) in [5, 5.41) is 3.29. The van der Waals surface area contributed by atoms with Gasteiger partial charge < -0.3 is 14.5 Å². The van der Waals surface area contributed by atoms with Gasteiger partial charge in [-0.1, -0.05) is 0 Å². The summed E-state index contributed by atoms with van der Waals surface area (Å²) in [5.41, 5.74) is 0.839. The van der Waals surface area contributed by atoms with Crippen LogP contribution in [0.3, 0.4) is 0 Å². The van der Waals surface area contributed by atoms with Crippen LogP contribution in [-0.4, -0.2) is 18.3 Å². The number of nitrogens with one attached hydrogen (secondary N) is 1.